The predicted octanol–water partition coefficient (Wildman–Crippen LogP) is 3.47. The monoisotopic (exact) mass is 281 g/mol. The lowest BCUT2D eigenvalue weighted by molar-refractivity contribution is -0.136. The van der Waals surface area contributed by atoms with Crippen molar-refractivity contribution in [2.24, 2.45) is 0 Å². The zero-order valence-electron chi connectivity index (χ0n) is 11.6. The molecule has 0 fully saturated rings. The molecule has 0 radical (unpaired) electrons. The first-order valence-corrected chi connectivity index (χ1v) is 6.64. The van der Waals surface area contributed by atoms with E-state index in [9.17, 15) is 4.79 Å². The van der Waals surface area contributed by atoms with E-state index in [0.717, 1.165) is 33.3 Å². The van der Waals surface area contributed by atoms with Gasteiger partial charge >= 0.3 is 5.97 Å². The minimum Gasteiger partial charge on any atom is -0.496 e. The van der Waals surface area contributed by atoms with E-state index >= 15 is 0 Å². The van der Waals surface area contributed by atoms with E-state index in [1.165, 1.54) is 0 Å². The number of carboxylic acid groups (broad SMARTS) is 1. The maximum atomic E-state index is 10.9. The fraction of sp³-hybridized carbons (Fsp3) is 0.118. The van der Waals surface area contributed by atoms with Crippen LogP contribution in [0.5, 0.6) is 5.75 Å². The van der Waals surface area contributed by atoms with Gasteiger partial charge < -0.3 is 14.8 Å². The van der Waals surface area contributed by atoms with Gasteiger partial charge in [0.15, 0.2) is 0 Å². The molecule has 0 aliphatic rings. The summed E-state index contributed by atoms with van der Waals surface area (Å²) < 4.78 is 5.39. The van der Waals surface area contributed by atoms with Gasteiger partial charge in [0.05, 0.1) is 13.5 Å². The number of carboxylic acids is 1. The Morgan fingerprint density at radius 3 is 2.81 bits per heavy atom. The summed E-state index contributed by atoms with van der Waals surface area (Å²) >= 11 is 0. The second kappa shape index (κ2) is 5.32. The molecular formula is C17H15NO3. The van der Waals surface area contributed by atoms with Crippen molar-refractivity contribution < 1.29 is 14.6 Å². The molecule has 0 saturated carbocycles. The Labute approximate surface area is 122 Å². The number of rotatable bonds is 4. The summed E-state index contributed by atoms with van der Waals surface area (Å²) in [4.78, 5) is 14.0. The molecule has 0 aliphatic heterocycles. The minimum absolute atomic E-state index is 0.00930. The van der Waals surface area contributed by atoms with Gasteiger partial charge in [-0.3, -0.25) is 4.79 Å². The Kier molecular flexibility index (Phi) is 3.36. The average molecular weight is 281 g/mol. The zero-order chi connectivity index (χ0) is 14.8. The lowest BCUT2D eigenvalue weighted by Crippen LogP contribution is -1.98. The highest BCUT2D eigenvalue weighted by molar-refractivity contribution is 5.91. The Bertz CT molecular complexity index is 805. The van der Waals surface area contributed by atoms with Crippen LogP contribution in [-0.2, 0) is 11.2 Å². The lowest BCUT2D eigenvalue weighted by atomic mass is 10.0. The predicted molar refractivity (Wildman–Crippen MR) is 81.6 cm³/mol. The maximum Gasteiger partial charge on any atom is 0.307 e. The van der Waals surface area contributed by atoms with E-state index < -0.39 is 5.97 Å². The van der Waals surface area contributed by atoms with E-state index in [2.05, 4.69) is 4.98 Å². The summed E-state index contributed by atoms with van der Waals surface area (Å²) in [5.74, 6) is -0.0363. The number of aromatic amines is 1. The van der Waals surface area contributed by atoms with Gasteiger partial charge in [-0.15, -0.1) is 0 Å². The summed E-state index contributed by atoms with van der Waals surface area (Å²) in [6, 6.07) is 13.7. The fourth-order valence-corrected chi connectivity index (χ4v) is 2.54. The van der Waals surface area contributed by atoms with Gasteiger partial charge in [0.2, 0.25) is 0 Å². The van der Waals surface area contributed by atoms with Crippen LogP contribution in [0.1, 0.15) is 5.56 Å². The molecule has 4 heteroatoms. The molecular weight excluding hydrogens is 266 g/mol. The molecule has 0 bridgehead atoms. The Morgan fingerprint density at radius 2 is 2.05 bits per heavy atom. The number of methoxy groups -OCH3 is 1. The van der Waals surface area contributed by atoms with E-state index in [4.69, 9.17) is 9.84 Å². The third kappa shape index (κ3) is 2.48. The lowest BCUT2D eigenvalue weighted by Gasteiger charge is -2.08. The summed E-state index contributed by atoms with van der Waals surface area (Å²) in [6.45, 7) is 0. The summed E-state index contributed by atoms with van der Waals surface area (Å²) in [6.07, 6.45) is 1.76. The molecule has 106 valence electrons. The second-order valence-electron chi connectivity index (χ2n) is 4.85. The first-order chi connectivity index (χ1) is 10.2. The van der Waals surface area contributed by atoms with Crippen molar-refractivity contribution in [2.45, 2.75) is 6.42 Å². The number of carbonyl (C=O) groups is 1. The molecule has 2 N–H and O–H groups in total. The highest BCUT2D eigenvalue weighted by Crippen LogP contribution is 2.32. The van der Waals surface area contributed by atoms with Gasteiger partial charge in [-0.1, -0.05) is 24.3 Å². The number of para-hydroxylation sites is 1. The molecule has 3 rings (SSSR count). The SMILES string of the molecule is COc1ccccc1-c1ccc2[nH]cc(CC(=O)O)c2c1. The summed E-state index contributed by atoms with van der Waals surface area (Å²) in [5.41, 5.74) is 3.72. The first kappa shape index (κ1) is 13.2. The van der Waals surface area contributed by atoms with Crippen LogP contribution in [0, 0.1) is 0 Å². The van der Waals surface area contributed by atoms with Gasteiger partial charge in [0, 0.05) is 22.7 Å². The van der Waals surface area contributed by atoms with Gasteiger partial charge in [-0.05, 0) is 29.3 Å². The van der Waals surface area contributed by atoms with Crippen molar-refractivity contribution in [3.63, 3.8) is 0 Å². The highest BCUT2D eigenvalue weighted by atomic mass is 16.5. The van der Waals surface area contributed by atoms with Crippen LogP contribution < -0.4 is 4.74 Å². The number of fused-ring (bicyclic) bond motifs is 1. The van der Waals surface area contributed by atoms with Gasteiger partial charge in [-0.25, -0.2) is 0 Å². The van der Waals surface area contributed by atoms with Crippen molar-refractivity contribution in [3.05, 3.63) is 54.2 Å². The number of ether oxygens (including phenoxy) is 1. The van der Waals surface area contributed by atoms with Crippen molar-refractivity contribution >= 4 is 16.9 Å². The number of hydrogen-bond donors (Lipinski definition) is 2. The molecule has 3 aromatic rings. The van der Waals surface area contributed by atoms with Crippen LogP contribution >= 0.6 is 0 Å². The van der Waals surface area contributed by atoms with Gasteiger partial charge in [-0.2, -0.15) is 0 Å². The van der Waals surface area contributed by atoms with Crippen molar-refractivity contribution in [3.8, 4) is 16.9 Å². The maximum absolute atomic E-state index is 10.9. The molecule has 0 aliphatic carbocycles. The first-order valence-electron chi connectivity index (χ1n) is 6.64. The molecule has 1 aromatic heterocycles. The molecule has 0 spiro atoms. The number of H-pyrrole nitrogens is 1. The summed E-state index contributed by atoms with van der Waals surface area (Å²) in [5, 5.41) is 9.91. The number of aliphatic carboxylic acids is 1. The second-order valence-corrected chi connectivity index (χ2v) is 4.85. The topological polar surface area (TPSA) is 62.3 Å². The Morgan fingerprint density at radius 1 is 1.24 bits per heavy atom. The Hall–Kier alpha value is -2.75. The van der Waals surface area contributed by atoms with E-state index in [0.29, 0.717) is 0 Å². The van der Waals surface area contributed by atoms with Crippen LogP contribution in [0.2, 0.25) is 0 Å². The number of aromatic nitrogens is 1. The van der Waals surface area contributed by atoms with Crippen LogP contribution in [0.15, 0.2) is 48.7 Å². The number of hydrogen-bond acceptors (Lipinski definition) is 2. The van der Waals surface area contributed by atoms with Gasteiger partial charge in [0.25, 0.3) is 0 Å². The molecule has 0 unspecified atom stereocenters. The zero-order valence-corrected chi connectivity index (χ0v) is 11.6. The third-order valence-corrected chi connectivity index (χ3v) is 3.53. The smallest absolute Gasteiger partial charge is 0.307 e. The molecule has 0 amide bonds. The number of benzene rings is 2. The van der Waals surface area contributed by atoms with Crippen LogP contribution in [0.3, 0.4) is 0 Å². The van der Waals surface area contributed by atoms with E-state index in [-0.39, 0.29) is 6.42 Å². The van der Waals surface area contributed by atoms with E-state index in [1.54, 1.807) is 13.3 Å². The van der Waals surface area contributed by atoms with Crippen molar-refractivity contribution in [1.29, 1.82) is 0 Å². The molecule has 0 saturated heterocycles. The largest absolute Gasteiger partial charge is 0.496 e. The molecule has 2 aromatic carbocycles. The van der Waals surface area contributed by atoms with Crippen LogP contribution in [-0.4, -0.2) is 23.2 Å². The van der Waals surface area contributed by atoms with Crippen molar-refractivity contribution in [1.82, 2.24) is 4.98 Å². The normalized spacial score (nSPS) is 10.7. The highest BCUT2D eigenvalue weighted by Gasteiger charge is 2.10. The van der Waals surface area contributed by atoms with Crippen molar-refractivity contribution in [2.75, 3.05) is 7.11 Å². The molecule has 21 heavy (non-hydrogen) atoms. The molecule has 4 nitrogen and oxygen atoms in total. The standard InChI is InChI=1S/C17H15NO3/c1-21-16-5-3-2-4-13(16)11-6-7-15-14(8-11)12(10-18-15)9-17(19)20/h2-8,10,18H,9H2,1H3,(H,19,20). The quantitative estimate of drug-likeness (QED) is 0.769. The van der Waals surface area contributed by atoms with E-state index in [1.807, 2.05) is 42.5 Å². The number of nitrogens with one attached hydrogen (secondary N) is 1. The third-order valence-electron chi connectivity index (χ3n) is 3.53. The molecule has 1 heterocycles. The Balaban J connectivity index is 2.13. The summed E-state index contributed by atoms with van der Waals surface area (Å²) in [7, 11) is 1.64. The average Bonchev–Trinajstić information content (AvgIpc) is 2.89. The van der Waals surface area contributed by atoms with Crippen LogP contribution in [0.4, 0.5) is 0 Å². The van der Waals surface area contributed by atoms with Crippen LogP contribution in [0.25, 0.3) is 22.0 Å². The minimum atomic E-state index is -0.835. The van der Waals surface area contributed by atoms with Gasteiger partial charge in [0.1, 0.15) is 5.75 Å². The fourth-order valence-electron chi connectivity index (χ4n) is 2.54. The molecule has 0 atom stereocenters.